The molecule has 0 spiro atoms. The summed E-state index contributed by atoms with van der Waals surface area (Å²) in [6.07, 6.45) is 3.29. The lowest BCUT2D eigenvalue weighted by Crippen LogP contribution is -2.38. The first kappa shape index (κ1) is 18.5. The van der Waals surface area contributed by atoms with Gasteiger partial charge in [0.15, 0.2) is 0 Å². The topological polar surface area (TPSA) is 81.3 Å². The fourth-order valence-electron chi connectivity index (χ4n) is 2.94. The molecule has 0 bridgehead atoms. The summed E-state index contributed by atoms with van der Waals surface area (Å²) in [6, 6.07) is 9.10. The Hall–Kier alpha value is -2.87. The second-order valence-electron chi connectivity index (χ2n) is 6.35. The molecular weight excluding hydrogens is 376 g/mol. The number of carbonyl (C=O) groups excluding carboxylic acids is 1. The zero-order valence-electron chi connectivity index (χ0n) is 15.5. The normalized spacial score (nSPS) is 14.1. The highest BCUT2D eigenvalue weighted by atomic mass is 32.2. The molecule has 3 aromatic heterocycles. The van der Waals surface area contributed by atoms with Crippen LogP contribution in [0.1, 0.15) is 21.8 Å². The number of nitrogens with zero attached hydrogens (tertiary/aromatic N) is 4. The molecule has 7 nitrogen and oxygen atoms in total. The molecule has 0 aliphatic carbocycles. The SMILES string of the molecule is Cc1onc(-c2ccccn2)c1COc1ccc(C(=O)N2CCSCC2)nc1. The van der Waals surface area contributed by atoms with Crippen molar-refractivity contribution in [3.63, 3.8) is 0 Å². The first-order valence-corrected chi connectivity index (χ1v) is 10.2. The smallest absolute Gasteiger partial charge is 0.272 e. The third kappa shape index (κ3) is 4.01. The van der Waals surface area contributed by atoms with Gasteiger partial charge in [-0.25, -0.2) is 4.98 Å². The van der Waals surface area contributed by atoms with Gasteiger partial charge in [0.05, 0.1) is 17.5 Å². The Morgan fingerprint density at radius 3 is 2.79 bits per heavy atom. The molecule has 0 radical (unpaired) electrons. The maximum atomic E-state index is 12.5. The van der Waals surface area contributed by atoms with Crippen molar-refractivity contribution in [3.05, 3.63) is 59.7 Å². The van der Waals surface area contributed by atoms with E-state index in [4.69, 9.17) is 9.26 Å². The largest absolute Gasteiger partial charge is 0.487 e. The molecule has 8 heteroatoms. The average Bonchev–Trinajstić information content (AvgIpc) is 3.13. The molecule has 1 aliphatic rings. The van der Waals surface area contributed by atoms with Crippen LogP contribution in [0.25, 0.3) is 11.4 Å². The van der Waals surface area contributed by atoms with E-state index in [1.165, 1.54) is 0 Å². The second kappa shape index (κ2) is 8.43. The van der Waals surface area contributed by atoms with E-state index < -0.39 is 0 Å². The van der Waals surface area contributed by atoms with Crippen LogP contribution in [0.4, 0.5) is 0 Å². The van der Waals surface area contributed by atoms with Gasteiger partial charge in [0.25, 0.3) is 5.91 Å². The Balaban J connectivity index is 1.43. The first-order chi connectivity index (χ1) is 13.7. The summed E-state index contributed by atoms with van der Waals surface area (Å²) in [4.78, 5) is 22.9. The van der Waals surface area contributed by atoms with E-state index in [2.05, 4.69) is 15.1 Å². The predicted octanol–water partition coefficient (Wildman–Crippen LogP) is 3.21. The molecule has 28 heavy (non-hydrogen) atoms. The van der Waals surface area contributed by atoms with E-state index in [1.807, 2.05) is 41.8 Å². The molecule has 0 N–H and O–H groups in total. The summed E-state index contributed by atoms with van der Waals surface area (Å²) in [6.45, 7) is 3.66. The fraction of sp³-hybridized carbons (Fsp3) is 0.300. The Kier molecular flexibility index (Phi) is 5.57. The summed E-state index contributed by atoms with van der Waals surface area (Å²) >= 11 is 1.87. The van der Waals surface area contributed by atoms with Crippen molar-refractivity contribution < 1.29 is 14.1 Å². The van der Waals surface area contributed by atoms with E-state index >= 15 is 0 Å². The Labute approximate surface area is 167 Å². The van der Waals surface area contributed by atoms with Crippen LogP contribution in [-0.4, -0.2) is 50.5 Å². The van der Waals surface area contributed by atoms with Crippen LogP contribution in [0.15, 0.2) is 47.2 Å². The highest BCUT2D eigenvalue weighted by Gasteiger charge is 2.20. The third-order valence-corrected chi connectivity index (χ3v) is 5.47. The Bertz CT molecular complexity index is 938. The lowest BCUT2D eigenvalue weighted by atomic mass is 10.1. The van der Waals surface area contributed by atoms with E-state index in [9.17, 15) is 4.79 Å². The van der Waals surface area contributed by atoms with Gasteiger partial charge in [-0.05, 0) is 31.2 Å². The number of aryl methyl sites for hydroxylation is 1. The molecule has 1 aliphatic heterocycles. The summed E-state index contributed by atoms with van der Waals surface area (Å²) in [7, 11) is 0. The van der Waals surface area contributed by atoms with Gasteiger partial charge in [0.1, 0.15) is 29.5 Å². The predicted molar refractivity (Wildman–Crippen MR) is 106 cm³/mol. The zero-order chi connectivity index (χ0) is 19.3. The van der Waals surface area contributed by atoms with Crippen molar-refractivity contribution in [2.45, 2.75) is 13.5 Å². The number of hydrogen-bond donors (Lipinski definition) is 0. The number of aromatic nitrogens is 3. The van der Waals surface area contributed by atoms with Crippen LogP contribution in [0.5, 0.6) is 5.75 Å². The van der Waals surface area contributed by atoms with Crippen molar-refractivity contribution in [2.24, 2.45) is 0 Å². The van der Waals surface area contributed by atoms with Gasteiger partial charge in [-0.1, -0.05) is 11.2 Å². The molecule has 1 amide bonds. The standard InChI is InChI=1S/C20H20N4O3S/c1-14-16(19(23-27-14)17-4-2-3-7-21-17)13-26-15-5-6-18(22-12-15)20(25)24-8-10-28-11-9-24/h2-7,12H,8-11,13H2,1H3. The van der Waals surface area contributed by atoms with E-state index in [-0.39, 0.29) is 12.5 Å². The van der Waals surface area contributed by atoms with Gasteiger partial charge in [-0.15, -0.1) is 0 Å². The Morgan fingerprint density at radius 1 is 1.21 bits per heavy atom. The molecular formula is C20H20N4O3S. The minimum Gasteiger partial charge on any atom is -0.487 e. The molecule has 144 valence electrons. The molecule has 1 fully saturated rings. The van der Waals surface area contributed by atoms with Gasteiger partial charge in [-0.2, -0.15) is 11.8 Å². The van der Waals surface area contributed by atoms with E-state index in [0.29, 0.717) is 22.9 Å². The number of pyridine rings is 2. The van der Waals surface area contributed by atoms with Crippen LogP contribution >= 0.6 is 11.8 Å². The quantitative estimate of drug-likeness (QED) is 0.655. The number of hydrogen-bond acceptors (Lipinski definition) is 7. The van der Waals surface area contributed by atoms with Gasteiger partial charge in [-0.3, -0.25) is 9.78 Å². The zero-order valence-corrected chi connectivity index (χ0v) is 16.3. The van der Waals surface area contributed by atoms with Crippen LogP contribution in [-0.2, 0) is 6.61 Å². The van der Waals surface area contributed by atoms with Crippen molar-refractivity contribution in [1.82, 2.24) is 20.0 Å². The van der Waals surface area contributed by atoms with Gasteiger partial charge in [0.2, 0.25) is 0 Å². The minimum atomic E-state index is -0.0285. The second-order valence-corrected chi connectivity index (χ2v) is 7.58. The van der Waals surface area contributed by atoms with E-state index in [0.717, 1.165) is 35.9 Å². The monoisotopic (exact) mass is 396 g/mol. The van der Waals surface area contributed by atoms with Crippen LogP contribution in [0.3, 0.4) is 0 Å². The molecule has 0 atom stereocenters. The minimum absolute atomic E-state index is 0.0285. The number of amides is 1. The van der Waals surface area contributed by atoms with Gasteiger partial charge in [0, 0.05) is 30.8 Å². The molecule has 4 rings (SSSR count). The first-order valence-electron chi connectivity index (χ1n) is 9.05. The van der Waals surface area contributed by atoms with Crippen LogP contribution in [0.2, 0.25) is 0 Å². The maximum absolute atomic E-state index is 12.5. The summed E-state index contributed by atoms with van der Waals surface area (Å²) in [5, 5.41) is 4.10. The van der Waals surface area contributed by atoms with Crippen LogP contribution in [0, 0.1) is 6.92 Å². The summed E-state index contributed by atoms with van der Waals surface area (Å²) in [5.74, 6) is 3.19. The average molecular weight is 396 g/mol. The van der Waals surface area contributed by atoms with Crippen molar-refractivity contribution in [3.8, 4) is 17.1 Å². The number of rotatable bonds is 5. The number of thioether (sulfide) groups is 1. The third-order valence-electron chi connectivity index (χ3n) is 4.53. The van der Waals surface area contributed by atoms with Crippen LogP contribution < -0.4 is 4.74 Å². The highest BCUT2D eigenvalue weighted by molar-refractivity contribution is 7.99. The maximum Gasteiger partial charge on any atom is 0.272 e. The molecule has 1 saturated heterocycles. The lowest BCUT2D eigenvalue weighted by Gasteiger charge is -2.26. The van der Waals surface area contributed by atoms with Crippen molar-refractivity contribution in [2.75, 3.05) is 24.6 Å². The van der Waals surface area contributed by atoms with E-state index in [1.54, 1.807) is 24.5 Å². The molecule has 0 aromatic carbocycles. The highest BCUT2D eigenvalue weighted by Crippen LogP contribution is 2.25. The van der Waals surface area contributed by atoms with Gasteiger partial charge < -0.3 is 14.2 Å². The molecule has 0 saturated carbocycles. The molecule has 3 aromatic rings. The van der Waals surface area contributed by atoms with Crippen molar-refractivity contribution >= 4 is 17.7 Å². The molecule has 4 heterocycles. The van der Waals surface area contributed by atoms with Gasteiger partial charge >= 0.3 is 0 Å². The lowest BCUT2D eigenvalue weighted by molar-refractivity contribution is 0.0766. The summed E-state index contributed by atoms with van der Waals surface area (Å²) < 4.78 is 11.2. The van der Waals surface area contributed by atoms with Crippen molar-refractivity contribution in [1.29, 1.82) is 0 Å². The number of carbonyl (C=O) groups is 1. The molecule has 0 unspecified atom stereocenters. The number of ether oxygens (including phenoxy) is 1. The summed E-state index contributed by atoms with van der Waals surface area (Å²) in [5.41, 5.74) is 2.68. The fourth-order valence-corrected chi connectivity index (χ4v) is 3.84. The Morgan fingerprint density at radius 2 is 2.07 bits per heavy atom.